The molecule has 15 nitrogen and oxygen atoms in total. The van der Waals surface area contributed by atoms with Crippen LogP contribution in [0.3, 0.4) is 0 Å². The van der Waals surface area contributed by atoms with Gasteiger partial charge in [-0.15, -0.1) is 11.3 Å². The Balaban J connectivity index is 1.11. The van der Waals surface area contributed by atoms with E-state index in [1.54, 1.807) is 7.11 Å². The predicted octanol–water partition coefficient (Wildman–Crippen LogP) is 6.17. The van der Waals surface area contributed by atoms with E-state index in [-0.39, 0.29) is 43.9 Å². The number of hydrogen-bond acceptors (Lipinski definition) is 12. The number of allylic oxidation sites excluding steroid dienone is 1. The van der Waals surface area contributed by atoms with Gasteiger partial charge in [-0.2, -0.15) is 0 Å². The molecule has 2 saturated carbocycles. The average molecular weight is 814 g/mol. The molecule has 3 aromatic rings. The minimum absolute atomic E-state index is 0.00378. The molecule has 3 amide bonds. The van der Waals surface area contributed by atoms with Crippen molar-refractivity contribution in [2.24, 2.45) is 11.1 Å². The van der Waals surface area contributed by atoms with Gasteiger partial charge in [-0.3, -0.25) is 9.59 Å². The first-order valence-electron chi connectivity index (χ1n) is 20.4. The van der Waals surface area contributed by atoms with Crippen molar-refractivity contribution >= 4 is 57.0 Å². The van der Waals surface area contributed by atoms with Gasteiger partial charge in [-0.05, 0) is 83.4 Å². The number of pyridine rings is 1. The van der Waals surface area contributed by atoms with E-state index in [0.29, 0.717) is 41.2 Å². The molecule has 308 valence electrons. The molecule has 2 aliphatic carbocycles. The van der Waals surface area contributed by atoms with E-state index in [1.165, 1.54) is 16.2 Å². The van der Waals surface area contributed by atoms with Crippen LogP contribution in [0.15, 0.2) is 47.0 Å². The second-order valence-electron chi connectivity index (χ2n) is 16.6. The third-order valence-electron chi connectivity index (χ3n) is 12.0. The molecule has 5 heterocycles. The third kappa shape index (κ3) is 8.07. The summed E-state index contributed by atoms with van der Waals surface area (Å²) in [5.41, 5.74) is 0.781. The van der Waals surface area contributed by atoms with Gasteiger partial charge < -0.3 is 40.3 Å². The van der Waals surface area contributed by atoms with Gasteiger partial charge in [0.25, 0.3) is 0 Å². The Labute approximate surface area is 341 Å². The molecule has 1 saturated heterocycles. The lowest BCUT2D eigenvalue weighted by molar-refractivity contribution is -0.145. The summed E-state index contributed by atoms with van der Waals surface area (Å²) in [5, 5.41) is 27.5. The predicted molar refractivity (Wildman–Crippen MR) is 218 cm³/mol. The summed E-state index contributed by atoms with van der Waals surface area (Å²) in [7, 11) is 1.60. The van der Waals surface area contributed by atoms with Crippen molar-refractivity contribution in [3.8, 4) is 17.1 Å². The third-order valence-corrected chi connectivity index (χ3v) is 12.7. The SMILES string of the molecule is COc1ccc2c(C3=NOC4(C3)CC3C(=O)N[C@]5(C(=O)O)C[C@H]5/C=C\CCCCC[C@H](NC(=O)OC5CCCC5)C(=O)N3C4)cc(-c3csc(NC(C)C)n3)nc2c1. The molecule has 2 unspecified atom stereocenters. The number of benzene rings is 1. The van der Waals surface area contributed by atoms with E-state index in [0.717, 1.165) is 61.0 Å². The van der Waals surface area contributed by atoms with Crippen LogP contribution in [0.25, 0.3) is 22.3 Å². The van der Waals surface area contributed by atoms with Crippen molar-refractivity contribution in [2.75, 3.05) is 19.0 Å². The highest BCUT2D eigenvalue weighted by molar-refractivity contribution is 7.14. The number of carboxylic acids is 1. The average Bonchev–Trinajstić information content (AvgIpc) is 3.77. The number of alkyl carbamates (subject to hydrolysis) is 1. The Bertz CT molecular complexity index is 2150. The van der Waals surface area contributed by atoms with Crippen LogP contribution < -0.4 is 20.7 Å². The van der Waals surface area contributed by atoms with Crippen molar-refractivity contribution < 1.29 is 38.6 Å². The van der Waals surface area contributed by atoms with Crippen LogP contribution in [-0.4, -0.2) is 98.6 Å². The second-order valence-corrected chi connectivity index (χ2v) is 17.5. The Morgan fingerprint density at radius 1 is 1.05 bits per heavy atom. The van der Waals surface area contributed by atoms with Crippen molar-refractivity contribution in [3.05, 3.63) is 47.4 Å². The molecule has 4 N–H and O–H groups in total. The lowest BCUT2D eigenvalue weighted by Gasteiger charge is -2.29. The summed E-state index contributed by atoms with van der Waals surface area (Å²) >= 11 is 1.49. The maximum Gasteiger partial charge on any atom is 0.408 e. The number of carbonyl (C=O) groups excluding carboxylic acids is 3. The van der Waals surface area contributed by atoms with Gasteiger partial charge in [0.15, 0.2) is 10.7 Å². The fourth-order valence-electron chi connectivity index (χ4n) is 8.79. The number of carbonyl (C=O) groups is 4. The van der Waals surface area contributed by atoms with Crippen LogP contribution >= 0.6 is 11.3 Å². The molecule has 3 aliphatic heterocycles. The zero-order valence-corrected chi connectivity index (χ0v) is 33.9. The molecule has 0 radical (unpaired) electrons. The molecule has 16 heteroatoms. The molecular weight excluding hydrogens is 763 g/mol. The van der Waals surface area contributed by atoms with Crippen molar-refractivity contribution in [2.45, 2.75) is 126 Å². The number of amides is 3. The number of aliphatic carboxylic acids is 1. The quantitative estimate of drug-likeness (QED) is 0.190. The molecule has 1 aromatic carbocycles. The number of nitrogens with one attached hydrogen (secondary N) is 3. The minimum atomic E-state index is -1.47. The zero-order chi connectivity index (χ0) is 40.6. The van der Waals surface area contributed by atoms with Crippen LogP contribution in [0.1, 0.15) is 96.5 Å². The molecule has 2 aromatic heterocycles. The molecule has 8 rings (SSSR count). The summed E-state index contributed by atoms with van der Waals surface area (Å²) in [4.78, 5) is 72.4. The number of aromatic nitrogens is 2. The number of carboxylic acid groups (broad SMARTS) is 1. The highest BCUT2D eigenvalue weighted by atomic mass is 32.1. The van der Waals surface area contributed by atoms with E-state index in [9.17, 15) is 24.3 Å². The Kier molecular flexibility index (Phi) is 11.0. The minimum Gasteiger partial charge on any atom is -0.497 e. The number of nitrogens with zero attached hydrogens (tertiary/aromatic N) is 4. The smallest absolute Gasteiger partial charge is 0.408 e. The highest BCUT2D eigenvalue weighted by Gasteiger charge is 2.62. The molecule has 5 atom stereocenters. The van der Waals surface area contributed by atoms with Gasteiger partial charge in [0.1, 0.15) is 35.2 Å². The van der Waals surface area contributed by atoms with Crippen molar-refractivity contribution in [3.63, 3.8) is 0 Å². The van der Waals surface area contributed by atoms with Gasteiger partial charge in [-0.1, -0.05) is 30.1 Å². The van der Waals surface area contributed by atoms with E-state index < -0.39 is 47.1 Å². The Hall–Kier alpha value is -5.25. The van der Waals surface area contributed by atoms with E-state index in [2.05, 4.69) is 21.1 Å². The first-order chi connectivity index (χ1) is 28.0. The molecule has 0 bridgehead atoms. The monoisotopic (exact) mass is 813 g/mol. The maximum absolute atomic E-state index is 14.7. The number of fused-ring (bicyclic) bond motifs is 3. The van der Waals surface area contributed by atoms with Crippen LogP contribution in [-0.2, 0) is 24.0 Å². The molecule has 3 fully saturated rings. The van der Waals surface area contributed by atoms with E-state index in [4.69, 9.17) is 24.3 Å². The number of oxime groups is 1. The molecule has 58 heavy (non-hydrogen) atoms. The number of hydrogen-bond donors (Lipinski definition) is 4. The van der Waals surface area contributed by atoms with Crippen LogP contribution in [0.5, 0.6) is 5.75 Å². The fraction of sp³-hybridized carbons (Fsp3) is 0.548. The van der Waals surface area contributed by atoms with Gasteiger partial charge in [0, 0.05) is 47.2 Å². The van der Waals surface area contributed by atoms with Crippen molar-refractivity contribution in [1.82, 2.24) is 25.5 Å². The molecule has 5 aliphatic rings. The number of ether oxygens (including phenoxy) is 2. The number of anilines is 1. The van der Waals surface area contributed by atoms with Gasteiger partial charge in [-0.25, -0.2) is 19.6 Å². The largest absolute Gasteiger partial charge is 0.497 e. The molecular formula is C42H51N7O8S. The second kappa shape index (κ2) is 16.2. The molecule has 1 spiro atoms. The highest BCUT2D eigenvalue weighted by Crippen LogP contribution is 2.47. The zero-order valence-electron chi connectivity index (χ0n) is 33.1. The summed E-state index contributed by atoms with van der Waals surface area (Å²) in [6.07, 6.45) is 10.5. The standard InChI is InChI=1S/C42H51N7O8S/c1-24(2)43-39-45-34(22-58-39)32-18-29(28-16-15-27(55-3)17-31(28)44-32)33-20-41(57-48-33)21-35-36(50)47-42(38(52)53)19-25(42)11-7-5-4-6-8-14-30(37(51)49(35)23-41)46-40(54)56-26-12-9-10-13-26/h7,11,15-18,22,24-26,30,35H,4-6,8-10,12-14,19-21,23H2,1-3H3,(H,43,45)(H,46,54)(H,47,50)(H,52,53)/b11-7-/t25-,30+,35?,41?,42-/m1/s1. The van der Waals surface area contributed by atoms with Gasteiger partial charge in [0.05, 0.1) is 30.6 Å². The van der Waals surface area contributed by atoms with Crippen LogP contribution in [0.2, 0.25) is 0 Å². The number of methoxy groups -OCH3 is 1. The number of rotatable bonds is 8. The summed E-state index contributed by atoms with van der Waals surface area (Å²) in [5.74, 6) is -1.87. The Morgan fingerprint density at radius 3 is 2.64 bits per heavy atom. The first-order valence-corrected chi connectivity index (χ1v) is 21.3. The first kappa shape index (κ1) is 39.6. The fourth-order valence-corrected chi connectivity index (χ4v) is 9.64. The van der Waals surface area contributed by atoms with Gasteiger partial charge in [0.2, 0.25) is 11.8 Å². The van der Waals surface area contributed by atoms with E-state index in [1.807, 2.05) is 55.6 Å². The maximum atomic E-state index is 14.7. The van der Waals surface area contributed by atoms with Crippen molar-refractivity contribution in [1.29, 1.82) is 0 Å². The van der Waals surface area contributed by atoms with Gasteiger partial charge >= 0.3 is 12.1 Å². The normalized spacial score (nSPS) is 28.2. The van der Waals surface area contributed by atoms with Crippen LogP contribution in [0.4, 0.5) is 9.93 Å². The van der Waals surface area contributed by atoms with Crippen LogP contribution in [0, 0.1) is 5.92 Å². The number of thiazole rings is 1. The van der Waals surface area contributed by atoms with E-state index >= 15 is 0 Å². The Morgan fingerprint density at radius 2 is 1.86 bits per heavy atom. The topological polar surface area (TPSA) is 194 Å². The lowest BCUT2D eigenvalue weighted by Crippen LogP contribution is -2.56. The summed E-state index contributed by atoms with van der Waals surface area (Å²) in [6, 6.07) is 5.72. The summed E-state index contributed by atoms with van der Waals surface area (Å²) in [6.45, 7) is 4.09. The lowest BCUT2D eigenvalue weighted by atomic mass is 9.90. The summed E-state index contributed by atoms with van der Waals surface area (Å²) < 4.78 is 11.2.